The van der Waals surface area contributed by atoms with Crippen molar-refractivity contribution >= 4 is 29.4 Å². The zero-order valence-corrected chi connectivity index (χ0v) is 15.7. The van der Waals surface area contributed by atoms with Crippen molar-refractivity contribution in [1.82, 2.24) is 25.5 Å². The highest BCUT2D eigenvalue weighted by Gasteiger charge is 2.15. The second kappa shape index (κ2) is 8.45. The summed E-state index contributed by atoms with van der Waals surface area (Å²) in [5.74, 6) is -0.433. The molecule has 0 spiro atoms. The van der Waals surface area contributed by atoms with E-state index in [4.69, 9.17) is 0 Å². The second-order valence-electron chi connectivity index (χ2n) is 5.75. The summed E-state index contributed by atoms with van der Waals surface area (Å²) in [5, 5.41) is 17.0. The van der Waals surface area contributed by atoms with Gasteiger partial charge in [-0.25, -0.2) is 4.79 Å². The molecule has 0 bridgehead atoms. The summed E-state index contributed by atoms with van der Waals surface area (Å²) in [6.07, 6.45) is 0. The third kappa shape index (κ3) is 4.70. The molecule has 2 N–H and O–H groups in total. The van der Waals surface area contributed by atoms with Crippen LogP contribution in [0.1, 0.15) is 11.1 Å². The lowest BCUT2D eigenvalue weighted by molar-refractivity contribution is -0.117. The van der Waals surface area contributed by atoms with Crippen LogP contribution in [0, 0.1) is 13.8 Å². The number of anilines is 1. The minimum Gasteiger partial charge on any atom is -0.308 e. The molecule has 3 rings (SSSR count). The number of aromatic nitrogens is 4. The number of rotatable bonds is 5. The Bertz CT molecular complexity index is 957. The van der Waals surface area contributed by atoms with Gasteiger partial charge in [0.2, 0.25) is 11.1 Å². The molecule has 3 amide bonds. The SMILES string of the molecule is Cc1cccc(-n2nnnc2SCC(=O)NC(=O)Nc2ccccc2)c1C. The Kier molecular flexibility index (Phi) is 5.82. The molecule has 0 aliphatic carbocycles. The number of nitrogens with zero attached hydrogens (tertiary/aromatic N) is 4. The molecule has 0 saturated heterocycles. The maximum Gasteiger partial charge on any atom is 0.325 e. The Morgan fingerprint density at radius 1 is 1.07 bits per heavy atom. The van der Waals surface area contributed by atoms with Gasteiger partial charge in [0.15, 0.2) is 0 Å². The number of hydrogen-bond donors (Lipinski definition) is 2. The largest absolute Gasteiger partial charge is 0.325 e. The van der Waals surface area contributed by atoms with Crippen LogP contribution in [0.3, 0.4) is 0 Å². The third-order valence-corrected chi connectivity index (χ3v) is 4.78. The minimum absolute atomic E-state index is 0.00739. The molecule has 27 heavy (non-hydrogen) atoms. The summed E-state index contributed by atoms with van der Waals surface area (Å²) in [6, 6.07) is 14.2. The first-order valence-corrected chi connectivity index (χ1v) is 9.17. The zero-order valence-electron chi connectivity index (χ0n) is 14.8. The van der Waals surface area contributed by atoms with Crippen molar-refractivity contribution < 1.29 is 9.59 Å². The fraction of sp³-hybridized carbons (Fsp3) is 0.167. The fourth-order valence-corrected chi connectivity index (χ4v) is 3.05. The van der Waals surface area contributed by atoms with Gasteiger partial charge < -0.3 is 5.32 Å². The molecule has 0 radical (unpaired) electrons. The lowest BCUT2D eigenvalue weighted by Gasteiger charge is -2.09. The van der Waals surface area contributed by atoms with E-state index in [0.717, 1.165) is 28.6 Å². The Hall–Kier alpha value is -3.20. The lowest BCUT2D eigenvalue weighted by atomic mass is 10.1. The first kappa shape index (κ1) is 18.6. The summed E-state index contributed by atoms with van der Waals surface area (Å²) in [4.78, 5) is 23.9. The number of benzene rings is 2. The number of nitrogens with one attached hydrogen (secondary N) is 2. The van der Waals surface area contributed by atoms with E-state index in [1.807, 2.05) is 38.1 Å². The standard InChI is InChI=1S/C18H18N6O2S/c1-12-7-6-10-15(13(12)2)24-18(21-22-23-24)27-11-16(25)20-17(26)19-14-8-4-3-5-9-14/h3-10H,11H2,1-2H3,(H2,19,20,25,26). The first-order valence-electron chi connectivity index (χ1n) is 8.18. The molecule has 0 unspecified atom stereocenters. The van der Waals surface area contributed by atoms with Crippen molar-refractivity contribution in [3.63, 3.8) is 0 Å². The van der Waals surface area contributed by atoms with Gasteiger partial charge in [0.05, 0.1) is 11.4 Å². The number of imide groups is 1. The predicted octanol–water partition coefficient (Wildman–Crippen LogP) is 2.72. The third-order valence-electron chi connectivity index (χ3n) is 3.86. The molecular weight excluding hydrogens is 364 g/mol. The summed E-state index contributed by atoms with van der Waals surface area (Å²) >= 11 is 1.15. The zero-order chi connectivity index (χ0) is 19.2. The highest BCUT2D eigenvalue weighted by Crippen LogP contribution is 2.22. The molecule has 0 saturated carbocycles. The number of hydrogen-bond acceptors (Lipinski definition) is 6. The molecule has 2 aromatic carbocycles. The number of urea groups is 1. The van der Waals surface area contributed by atoms with Crippen LogP contribution in [0.4, 0.5) is 10.5 Å². The van der Waals surface area contributed by atoms with Crippen molar-refractivity contribution in [2.45, 2.75) is 19.0 Å². The highest BCUT2D eigenvalue weighted by atomic mass is 32.2. The molecule has 0 atom stereocenters. The number of carbonyl (C=O) groups is 2. The summed E-state index contributed by atoms with van der Waals surface area (Å²) in [7, 11) is 0. The minimum atomic E-state index is -0.582. The number of carbonyl (C=O) groups excluding carboxylic acids is 2. The molecule has 3 aromatic rings. The number of amides is 3. The van der Waals surface area contributed by atoms with Gasteiger partial charge in [0.25, 0.3) is 0 Å². The normalized spacial score (nSPS) is 10.4. The van der Waals surface area contributed by atoms with Crippen LogP contribution in [0.5, 0.6) is 0 Å². The van der Waals surface area contributed by atoms with E-state index in [1.54, 1.807) is 28.9 Å². The van der Waals surface area contributed by atoms with Crippen molar-refractivity contribution in [3.8, 4) is 5.69 Å². The molecule has 9 heteroatoms. The van der Waals surface area contributed by atoms with Crippen LogP contribution in [-0.2, 0) is 4.79 Å². The van der Waals surface area contributed by atoms with Crippen molar-refractivity contribution in [2.24, 2.45) is 0 Å². The van der Waals surface area contributed by atoms with Crippen LogP contribution in [0.15, 0.2) is 53.7 Å². The lowest BCUT2D eigenvalue weighted by Crippen LogP contribution is -2.35. The van der Waals surface area contributed by atoms with Gasteiger partial charge in [-0.1, -0.05) is 42.1 Å². The van der Waals surface area contributed by atoms with E-state index in [9.17, 15) is 9.59 Å². The highest BCUT2D eigenvalue weighted by molar-refractivity contribution is 7.99. The monoisotopic (exact) mass is 382 g/mol. The molecule has 1 heterocycles. The van der Waals surface area contributed by atoms with Gasteiger partial charge in [-0.05, 0) is 53.6 Å². The first-order chi connectivity index (χ1) is 13.0. The van der Waals surface area contributed by atoms with Gasteiger partial charge >= 0.3 is 6.03 Å². The van der Waals surface area contributed by atoms with E-state index < -0.39 is 11.9 Å². The molecule has 1 aromatic heterocycles. The summed E-state index contributed by atoms with van der Waals surface area (Å²) in [6.45, 7) is 4.00. The van der Waals surface area contributed by atoms with Gasteiger partial charge in [0, 0.05) is 5.69 Å². The Morgan fingerprint density at radius 3 is 2.63 bits per heavy atom. The smallest absolute Gasteiger partial charge is 0.308 e. The molecule has 138 valence electrons. The van der Waals surface area contributed by atoms with Gasteiger partial charge in [-0.3, -0.25) is 10.1 Å². The van der Waals surface area contributed by atoms with Crippen molar-refractivity contribution in [1.29, 1.82) is 0 Å². The molecule has 0 aliphatic heterocycles. The van der Waals surface area contributed by atoms with Crippen LogP contribution in [0.2, 0.25) is 0 Å². The van der Waals surface area contributed by atoms with E-state index in [2.05, 4.69) is 26.2 Å². The predicted molar refractivity (Wildman–Crippen MR) is 103 cm³/mol. The average Bonchev–Trinajstić information content (AvgIpc) is 3.11. The number of para-hydroxylation sites is 1. The van der Waals surface area contributed by atoms with Gasteiger partial charge in [-0.15, -0.1) is 5.10 Å². The van der Waals surface area contributed by atoms with E-state index in [0.29, 0.717) is 10.8 Å². The molecule has 8 nitrogen and oxygen atoms in total. The average molecular weight is 382 g/mol. The number of tetrazole rings is 1. The maximum atomic E-state index is 12.0. The van der Waals surface area contributed by atoms with Crippen molar-refractivity contribution in [2.75, 3.05) is 11.1 Å². The topological polar surface area (TPSA) is 102 Å². The molecular formula is C18H18N6O2S. The quantitative estimate of drug-likeness (QED) is 0.658. The number of thioether (sulfide) groups is 1. The van der Waals surface area contributed by atoms with E-state index in [1.165, 1.54) is 0 Å². The Labute approximate surface area is 160 Å². The second-order valence-corrected chi connectivity index (χ2v) is 6.69. The molecule has 0 aliphatic rings. The van der Waals surface area contributed by atoms with E-state index >= 15 is 0 Å². The van der Waals surface area contributed by atoms with E-state index in [-0.39, 0.29) is 5.75 Å². The fourth-order valence-electron chi connectivity index (χ4n) is 2.36. The Balaban J connectivity index is 1.59. The van der Waals surface area contributed by atoms with Gasteiger partial charge in [-0.2, -0.15) is 4.68 Å². The van der Waals surface area contributed by atoms with Crippen LogP contribution < -0.4 is 10.6 Å². The van der Waals surface area contributed by atoms with Crippen LogP contribution >= 0.6 is 11.8 Å². The summed E-state index contributed by atoms with van der Waals surface area (Å²) < 4.78 is 1.59. The summed E-state index contributed by atoms with van der Waals surface area (Å²) in [5.41, 5.74) is 3.63. The van der Waals surface area contributed by atoms with Crippen LogP contribution in [0.25, 0.3) is 5.69 Å². The van der Waals surface area contributed by atoms with Gasteiger partial charge in [0.1, 0.15) is 0 Å². The Morgan fingerprint density at radius 2 is 1.85 bits per heavy atom. The molecule has 0 fully saturated rings. The van der Waals surface area contributed by atoms with Crippen LogP contribution in [-0.4, -0.2) is 37.9 Å². The maximum absolute atomic E-state index is 12.0. The number of aryl methyl sites for hydroxylation is 1. The van der Waals surface area contributed by atoms with Crippen molar-refractivity contribution in [3.05, 3.63) is 59.7 Å².